The fourth-order valence-corrected chi connectivity index (χ4v) is 3.57. The van der Waals surface area contributed by atoms with Gasteiger partial charge in [0.25, 0.3) is 11.8 Å². The van der Waals surface area contributed by atoms with Crippen LogP contribution in [0.2, 0.25) is 0 Å². The molecule has 0 atom stereocenters. The highest BCUT2D eigenvalue weighted by atomic mass is 32.2. The molecule has 7 nitrogen and oxygen atoms in total. The van der Waals surface area contributed by atoms with Crippen LogP contribution in [0.3, 0.4) is 0 Å². The van der Waals surface area contributed by atoms with E-state index in [1.165, 1.54) is 13.3 Å². The molecule has 8 heteroatoms. The predicted molar refractivity (Wildman–Crippen MR) is 85.8 cm³/mol. The molecule has 126 valence electrons. The van der Waals surface area contributed by atoms with Crippen molar-refractivity contribution in [1.29, 1.82) is 0 Å². The molecule has 0 spiro atoms. The van der Waals surface area contributed by atoms with Crippen molar-refractivity contribution in [2.75, 3.05) is 19.3 Å². The SMILES string of the molecule is CN(Cc1ccco1)S(=O)(=O)CCN1C(=O)c2ccccc2C1=O. The Morgan fingerprint density at radius 2 is 1.67 bits per heavy atom. The highest BCUT2D eigenvalue weighted by molar-refractivity contribution is 7.89. The molecular weight excluding hydrogens is 332 g/mol. The summed E-state index contributed by atoms with van der Waals surface area (Å²) in [4.78, 5) is 25.4. The third-order valence-corrected chi connectivity index (χ3v) is 5.66. The minimum absolute atomic E-state index is 0.0947. The van der Waals surface area contributed by atoms with E-state index in [2.05, 4.69) is 0 Å². The van der Waals surface area contributed by atoms with Crippen LogP contribution < -0.4 is 0 Å². The van der Waals surface area contributed by atoms with Crippen LogP contribution in [-0.2, 0) is 16.6 Å². The lowest BCUT2D eigenvalue weighted by Crippen LogP contribution is -2.38. The third kappa shape index (κ3) is 2.98. The molecule has 0 aliphatic carbocycles. The summed E-state index contributed by atoms with van der Waals surface area (Å²) < 4.78 is 30.9. The molecule has 1 aromatic carbocycles. The molecular formula is C16H16N2O5S. The van der Waals surface area contributed by atoms with E-state index < -0.39 is 21.8 Å². The number of rotatable bonds is 6. The number of carbonyl (C=O) groups is 2. The van der Waals surface area contributed by atoms with Crippen LogP contribution >= 0.6 is 0 Å². The second kappa shape index (κ2) is 6.21. The van der Waals surface area contributed by atoms with Gasteiger partial charge in [0.05, 0.1) is 29.7 Å². The topological polar surface area (TPSA) is 87.9 Å². The molecule has 0 bridgehead atoms. The van der Waals surface area contributed by atoms with Gasteiger partial charge in [-0.2, -0.15) is 4.31 Å². The zero-order valence-corrected chi connectivity index (χ0v) is 13.8. The maximum Gasteiger partial charge on any atom is 0.261 e. The van der Waals surface area contributed by atoms with Crippen LogP contribution in [0, 0.1) is 0 Å². The molecule has 0 saturated heterocycles. The number of nitrogens with zero attached hydrogens (tertiary/aromatic N) is 2. The summed E-state index contributed by atoms with van der Waals surface area (Å²) in [6, 6.07) is 9.81. The van der Waals surface area contributed by atoms with Crippen LogP contribution in [0.25, 0.3) is 0 Å². The molecule has 24 heavy (non-hydrogen) atoms. The van der Waals surface area contributed by atoms with E-state index in [4.69, 9.17) is 4.42 Å². The standard InChI is InChI=1S/C16H16N2O5S/c1-17(11-12-5-4-9-23-12)24(21,22)10-8-18-15(19)13-6-2-3-7-14(13)16(18)20/h2-7,9H,8,10-11H2,1H3. The average Bonchev–Trinajstić information content (AvgIpc) is 3.14. The smallest absolute Gasteiger partial charge is 0.261 e. The van der Waals surface area contributed by atoms with E-state index in [1.54, 1.807) is 36.4 Å². The van der Waals surface area contributed by atoms with E-state index in [9.17, 15) is 18.0 Å². The summed E-state index contributed by atoms with van der Waals surface area (Å²) in [5, 5.41) is 0. The first-order chi connectivity index (χ1) is 11.4. The fourth-order valence-electron chi connectivity index (χ4n) is 2.53. The molecule has 0 unspecified atom stereocenters. The van der Waals surface area contributed by atoms with Crippen LogP contribution in [0.15, 0.2) is 47.1 Å². The van der Waals surface area contributed by atoms with Crippen molar-refractivity contribution < 1.29 is 22.4 Å². The van der Waals surface area contributed by atoms with E-state index in [0.717, 1.165) is 9.21 Å². The lowest BCUT2D eigenvalue weighted by molar-refractivity contribution is 0.0663. The van der Waals surface area contributed by atoms with Crippen LogP contribution in [-0.4, -0.2) is 48.8 Å². The lowest BCUT2D eigenvalue weighted by atomic mass is 10.1. The van der Waals surface area contributed by atoms with Crippen molar-refractivity contribution in [1.82, 2.24) is 9.21 Å². The molecule has 0 fully saturated rings. The Morgan fingerprint density at radius 3 is 2.21 bits per heavy atom. The summed E-state index contributed by atoms with van der Waals surface area (Å²) in [5.74, 6) is -0.740. The van der Waals surface area contributed by atoms with E-state index in [0.29, 0.717) is 16.9 Å². The number of hydrogen-bond donors (Lipinski definition) is 0. The van der Waals surface area contributed by atoms with Gasteiger partial charge in [-0.05, 0) is 24.3 Å². The largest absolute Gasteiger partial charge is 0.468 e. The van der Waals surface area contributed by atoms with Gasteiger partial charge in [0.1, 0.15) is 5.76 Å². The van der Waals surface area contributed by atoms with Gasteiger partial charge in [0.15, 0.2) is 0 Å². The van der Waals surface area contributed by atoms with Crippen molar-refractivity contribution in [3.63, 3.8) is 0 Å². The Bertz CT molecular complexity index is 839. The molecule has 0 N–H and O–H groups in total. The molecule has 3 rings (SSSR count). The molecule has 2 amide bonds. The Morgan fingerprint density at radius 1 is 1.04 bits per heavy atom. The Balaban J connectivity index is 1.67. The number of amides is 2. The minimum atomic E-state index is -3.63. The summed E-state index contributed by atoms with van der Waals surface area (Å²) >= 11 is 0. The van der Waals surface area contributed by atoms with Crippen LogP contribution in [0.4, 0.5) is 0 Å². The van der Waals surface area contributed by atoms with Crippen molar-refractivity contribution in [2.45, 2.75) is 6.54 Å². The third-order valence-electron chi connectivity index (χ3n) is 3.88. The number of carbonyl (C=O) groups excluding carboxylic acids is 2. The predicted octanol–water partition coefficient (Wildman–Crippen LogP) is 1.34. The monoisotopic (exact) mass is 348 g/mol. The van der Waals surface area contributed by atoms with Crippen molar-refractivity contribution in [3.05, 3.63) is 59.5 Å². The van der Waals surface area contributed by atoms with Gasteiger partial charge in [-0.3, -0.25) is 14.5 Å². The highest BCUT2D eigenvalue weighted by Gasteiger charge is 2.36. The van der Waals surface area contributed by atoms with Crippen molar-refractivity contribution in [3.8, 4) is 0 Å². The van der Waals surface area contributed by atoms with E-state index >= 15 is 0 Å². The Kier molecular flexibility index (Phi) is 4.25. The van der Waals surface area contributed by atoms with E-state index in [-0.39, 0.29) is 18.8 Å². The zero-order valence-electron chi connectivity index (χ0n) is 13.0. The van der Waals surface area contributed by atoms with Gasteiger partial charge >= 0.3 is 0 Å². The van der Waals surface area contributed by atoms with Crippen molar-refractivity contribution in [2.24, 2.45) is 0 Å². The van der Waals surface area contributed by atoms with Gasteiger partial charge in [-0.1, -0.05) is 12.1 Å². The van der Waals surface area contributed by atoms with Crippen LogP contribution in [0.1, 0.15) is 26.5 Å². The Labute approximate surface area is 139 Å². The van der Waals surface area contributed by atoms with Gasteiger partial charge in [-0.25, -0.2) is 8.42 Å². The molecule has 2 heterocycles. The molecule has 1 aliphatic heterocycles. The van der Waals surface area contributed by atoms with Crippen LogP contribution in [0.5, 0.6) is 0 Å². The number of imide groups is 1. The van der Waals surface area contributed by atoms with Gasteiger partial charge < -0.3 is 4.42 Å². The Hall–Kier alpha value is -2.45. The second-order valence-electron chi connectivity index (χ2n) is 5.46. The molecule has 1 aliphatic rings. The molecule has 2 aromatic rings. The number of sulfonamides is 1. The molecule has 1 aromatic heterocycles. The first kappa shape index (κ1) is 16.4. The summed E-state index contributed by atoms with van der Waals surface area (Å²) in [7, 11) is -2.20. The average molecular weight is 348 g/mol. The quantitative estimate of drug-likeness (QED) is 0.735. The first-order valence-corrected chi connectivity index (χ1v) is 8.92. The van der Waals surface area contributed by atoms with Gasteiger partial charge in [0.2, 0.25) is 10.0 Å². The molecule has 0 saturated carbocycles. The highest BCUT2D eigenvalue weighted by Crippen LogP contribution is 2.22. The van der Waals surface area contributed by atoms with E-state index in [1.807, 2.05) is 0 Å². The normalized spacial score (nSPS) is 14.5. The molecule has 0 radical (unpaired) electrons. The number of benzene rings is 1. The minimum Gasteiger partial charge on any atom is -0.468 e. The number of furan rings is 1. The van der Waals surface area contributed by atoms with Gasteiger partial charge in [-0.15, -0.1) is 0 Å². The number of fused-ring (bicyclic) bond motifs is 1. The zero-order chi connectivity index (χ0) is 17.3. The maximum absolute atomic E-state index is 12.3. The summed E-state index contributed by atoms with van der Waals surface area (Å²) in [6.07, 6.45) is 1.47. The fraction of sp³-hybridized carbons (Fsp3) is 0.250. The summed E-state index contributed by atoms with van der Waals surface area (Å²) in [6.45, 7) is -0.0887. The summed E-state index contributed by atoms with van der Waals surface area (Å²) in [5.41, 5.74) is 0.618. The number of hydrogen-bond acceptors (Lipinski definition) is 5. The van der Waals surface area contributed by atoms with Crippen molar-refractivity contribution >= 4 is 21.8 Å². The second-order valence-corrected chi connectivity index (χ2v) is 7.65. The van der Waals surface area contributed by atoms with Gasteiger partial charge in [0, 0.05) is 13.6 Å². The lowest BCUT2D eigenvalue weighted by Gasteiger charge is -2.18. The first-order valence-electron chi connectivity index (χ1n) is 7.32. The maximum atomic E-state index is 12.3.